The van der Waals surface area contributed by atoms with Crippen molar-refractivity contribution in [2.75, 3.05) is 13.1 Å². The van der Waals surface area contributed by atoms with Crippen LogP contribution in [0.25, 0.3) is 0 Å². The highest BCUT2D eigenvalue weighted by atomic mass is 16.2. The Balaban J connectivity index is 1.96. The smallest absolute Gasteiger partial charge is 0.253 e. The monoisotopic (exact) mass is 233 g/mol. The van der Waals surface area contributed by atoms with Gasteiger partial charge in [0.2, 0.25) is 0 Å². The first kappa shape index (κ1) is 10.5. The number of carbonyl (C=O) groups excluding carboxylic acids is 1. The third-order valence-corrected chi connectivity index (χ3v) is 3.44. The Morgan fingerprint density at radius 2 is 2.18 bits per heavy atom. The van der Waals surface area contributed by atoms with E-state index in [1.165, 1.54) is 0 Å². The van der Waals surface area contributed by atoms with Gasteiger partial charge in [-0.15, -0.1) is 0 Å². The van der Waals surface area contributed by atoms with E-state index in [4.69, 9.17) is 0 Å². The number of aliphatic imine (C=N–C) groups is 1. The molecular formula is C11H15N5O. The van der Waals surface area contributed by atoms with Gasteiger partial charge in [-0.2, -0.15) is 0 Å². The number of nitrogens with one attached hydrogen (secondary N) is 2. The molecule has 2 N–H and O–H groups in total. The van der Waals surface area contributed by atoms with Crippen LogP contribution in [0.5, 0.6) is 0 Å². The number of piperidine rings is 1. The van der Waals surface area contributed by atoms with Crippen LogP contribution < -0.4 is 10.6 Å². The van der Waals surface area contributed by atoms with Crippen molar-refractivity contribution >= 4 is 11.7 Å². The number of rotatable bonds is 1. The Bertz CT molecular complexity index is 484. The maximum Gasteiger partial charge on any atom is 0.253 e. The summed E-state index contributed by atoms with van der Waals surface area (Å²) in [6.45, 7) is 1.68. The molecule has 1 fully saturated rings. The molecule has 1 spiro atoms. The zero-order valence-electron chi connectivity index (χ0n) is 9.73. The van der Waals surface area contributed by atoms with Crippen LogP contribution in [0.4, 0.5) is 0 Å². The lowest BCUT2D eigenvalue weighted by Gasteiger charge is -2.27. The molecule has 0 aliphatic carbocycles. The summed E-state index contributed by atoms with van der Waals surface area (Å²) in [6.07, 6.45) is 5.06. The first-order valence-corrected chi connectivity index (χ1v) is 5.81. The normalized spacial score (nSPS) is 22.6. The Hall–Kier alpha value is -1.69. The molecule has 2 aliphatic rings. The maximum atomic E-state index is 12.1. The van der Waals surface area contributed by atoms with Gasteiger partial charge in [-0.05, 0) is 25.9 Å². The fourth-order valence-corrected chi connectivity index (χ4v) is 2.40. The summed E-state index contributed by atoms with van der Waals surface area (Å²) in [7, 11) is 1.89. The summed E-state index contributed by atoms with van der Waals surface area (Å²) in [5, 5.41) is 6.10. The van der Waals surface area contributed by atoms with Gasteiger partial charge in [0.05, 0.1) is 0 Å². The van der Waals surface area contributed by atoms with E-state index >= 15 is 0 Å². The van der Waals surface area contributed by atoms with Gasteiger partial charge >= 0.3 is 0 Å². The topological polar surface area (TPSA) is 71.3 Å². The standard InChI is InChI=1S/C11H15N5O/c1-16-7-6-13-9(16)8-14-10(17)11(15-8)2-4-12-5-3-11/h6-7,12H,2-5H2,1H3,(H,14,15,17). The molecule has 0 unspecified atom stereocenters. The van der Waals surface area contributed by atoms with Gasteiger partial charge in [-0.1, -0.05) is 0 Å². The SMILES string of the molecule is Cn1ccnc1C1=NC2(CCNCC2)C(=O)N1. The number of imidazole rings is 1. The third kappa shape index (κ3) is 1.56. The highest BCUT2D eigenvalue weighted by molar-refractivity contribution is 6.14. The molecule has 0 radical (unpaired) electrons. The Morgan fingerprint density at radius 3 is 2.82 bits per heavy atom. The van der Waals surface area contributed by atoms with E-state index in [0.717, 1.165) is 25.9 Å². The van der Waals surface area contributed by atoms with E-state index in [1.807, 2.05) is 17.8 Å². The first-order chi connectivity index (χ1) is 8.21. The highest BCUT2D eigenvalue weighted by Gasteiger charge is 2.44. The molecule has 1 aromatic rings. The Kier molecular flexibility index (Phi) is 2.25. The number of amidine groups is 1. The molecule has 6 heteroatoms. The predicted molar refractivity (Wildman–Crippen MR) is 62.7 cm³/mol. The Morgan fingerprint density at radius 1 is 1.41 bits per heavy atom. The van der Waals surface area contributed by atoms with Gasteiger partial charge < -0.3 is 15.2 Å². The van der Waals surface area contributed by atoms with Gasteiger partial charge in [0.15, 0.2) is 11.7 Å². The van der Waals surface area contributed by atoms with Gasteiger partial charge in [0.25, 0.3) is 5.91 Å². The average Bonchev–Trinajstić information content (AvgIpc) is 2.86. The van der Waals surface area contributed by atoms with Crippen LogP contribution in [-0.4, -0.2) is 39.9 Å². The number of aryl methyl sites for hydroxylation is 1. The fourth-order valence-electron chi connectivity index (χ4n) is 2.40. The number of hydrogen-bond donors (Lipinski definition) is 2. The van der Waals surface area contributed by atoms with Crippen LogP contribution in [-0.2, 0) is 11.8 Å². The minimum Gasteiger partial charge on any atom is -0.331 e. The van der Waals surface area contributed by atoms with Crippen LogP contribution in [0.1, 0.15) is 18.7 Å². The van der Waals surface area contributed by atoms with Crippen LogP contribution in [0, 0.1) is 0 Å². The maximum absolute atomic E-state index is 12.1. The molecule has 17 heavy (non-hydrogen) atoms. The number of carbonyl (C=O) groups is 1. The summed E-state index contributed by atoms with van der Waals surface area (Å²) < 4.78 is 1.86. The van der Waals surface area contributed by atoms with E-state index in [0.29, 0.717) is 11.7 Å². The molecular weight excluding hydrogens is 218 g/mol. The van der Waals surface area contributed by atoms with Gasteiger partial charge in [0.1, 0.15) is 5.54 Å². The minimum atomic E-state index is -0.563. The molecule has 0 aromatic carbocycles. The van der Waals surface area contributed by atoms with Crippen molar-refractivity contribution in [2.24, 2.45) is 12.0 Å². The first-order valence-electron chi connectivity index (χ1n) is 5.81. The van der Waals surface area contributed by atoms with Crippen LogP contribution in [0.15, 0.2) is 17.4 Å². The van der Waals surface area contributed by atoms with E-state index in [-0.39, 0.29) is 5.91 Å². The number of hydrogen-bond acceptors (Lipinski definition) is 4. The third-order valence-electron chi connectivity index (χ3n) is 3.44. The Labute approximate surface area is 99.1 Å². The summed E-state index contributed by atoms with van der Waals surface area (Å²) in [5.41, 5.74) is -0.563. The van der Waals surface area contributed by atoms with Crippen LogP contribution >= 0.6 is 0 Å². The minimum absolute atomic E-state index is 0.0111. The van der Waals surface area contributed by atoms with E-state index in [1.54, 1.807) is 6.20 Å². The molecule has 0 bridgehead atoms. The molecule has 0 saturated carbocycles. The van der Waals surface area contributed by atoms with Gasteiger partial charge in [-0.25, -0.2) is 9.98 Å². The molecule has 6 nitrogen and oxygen atoms in total. The molecule has 2 aliphatic heterocycles. The van der Waals surface area contributed by atoms with Crippen molar-refractivity contribution in [1.29, 1.82) is 0 Å². The second kappa shape index (κ2) is 3.66. The van der Waals surface area contributed by atoms with Crippen molar-refractivity contribution in [3.63, 3.8) is 0 Å². The zero-order chi connectivity index (χ0) is 11.9. The number of nitrogens with zero attached hydrogens (tertiary/aromatic N) is 3. The highest BCUT2D eigenvalue weighted by Crippen LogP contribution is 2.27. The molecule has 1 saturated heterocycles. The number of aromatic nitrogens is 2. The van der Waals surface area contributed by atoms with E-state index < -0.39 is 5.54 Å². The molecule has 1 aromatic heterocycles. The van der Waals surface area contributed by atoms with Crippen molar-refractivity contribution in [3.05, 3.63) is 18.2 Å². The van der Waals surface area contributed by atoms with E-state index in [2.05, 4.69) is 20.6 Å². The average molecular weight is 233 g/mol. The van der Waals surface area contributed by atoms with Gasteiger partial charge in [-0.3, -0.25) is 4.79 Å². The molecule has 0 atom stereocenters. The number of amides is 1. The van der Waals surface area contributed by atoms with Crippen molar-refractivity contribution < 1.29 is 4.79 Å². The quantitative estimate of drug-likeness (QED) is 0.681. The predicted octanol–water partition coefficient (Wildman–Crippen LogP) is -0.581. The lowest BCUT2D eigenvalue weighted by atomic mass is 9.89. The van der Waals surface area contributed by atoms with Crippen molar-refractivity contribution in [3.8, 4) is 0 Å². The summed E-state index contributed by atoms with van der Waals surface area (Å²) in [6, 6.07) is 0. The van der Waals surface area contributed by atoms with Gasteiger partial charge in [0, 0.05) is 19.4 Å². The summed E-state index contributed by atoms with van der Waals surface area (Å²) >= 11 is 0. The summed E-state index contributed by atoms with van der Waals surface area (Å²) in [4.78, 5) is 20.9. The second-order valence-corrected chi connectivity index (χ2v) is 4.56. The second-order valence-electron chi connectivity index (χ2n) is 4.56. The largest absolute Gasteiger partial charge is 0.331 e. The molecule has 3 heterocycles. The van der Waals surface area contributed by atoms with E-state index in [9.17, 15) is 4.79 Å². The molecule has 1 amide bonds. The zero-order valence-corrected chi connectivity index (χ0v) is 9.73. The summed E-state index contributed by atoms with van der Waals surface area (Å²) in [5.74, 6) is 1.33. The van der Waals surface area contributed by atoms with Crippen LogP contribution in [0.3, 0.4) is 0 Å². The van der Waals surface area contributed by atoms with Crippen molar-refractivity contribution in [1.82, 2.24) is 20.2 Å². The fraction of sp³-hybridized carbons (Fsp3) is 0.545. The van der Waals surface area contributed by atoms with Crippen LogP contribution in [0.2, 0.25) is 0 Å². The lowest BCUT2D eigenvalue weighted by molar-refractivity contribution is -0.124. The molecule has 90 valence electrons. The molecule has 3 rings (SSSR count). The lowest BCUT2D eigenvalue weighted by Crippen LogP contribution is -2.47. The van der Waals surface area contributed by atoms with Crippen molar-refractivity contribution in [2.45, 2.75) is 18.4 Å².